The van der Waals surface area contributed by atoms with Crippen molar-refractivity contribution in [2.45, 2.75) is 37.8 Å². The van der Waals surface area contributed by atoms with Crippen LogP contribution in [0.25, 0.3) is 0 Å². The highest BCUT2D eigenvalue weighted by Crippen LogP contribution is 2.19. The summed E-state index contributed by atoms with van der Waals surface area (Å²) in [4.78, 5) is 14.7. The molecule has 1 fully saturated rings. The van der Waals surface area contributed by atoms with E-state index in [4.69, 9.17) is 0 Å². The van der Waals surface area contributed by atoms with Crippen LogP contribution in [-0.4, -0.2) is 28.1 Å². The van der Waals surface area contributed by atoms with Crippen LogP contribution in [0.15, 0.2) is 16.7 Å². The number of aromatic nitrogens is 1. The Morgan fingerprint density at radius 3 is 2.69 bits per heavy atom. The molecule has 1 aromatic rings. The molecule has 0 atom stereocenters. The SMILES string of the molecule is O=C(NC1CCC(O)CC1)c1cc(Br)c[nH]1. The molecule has 1 aromatic heterocycles. The Bertz CT molecular complexity index is 370. The van der Waals surface area contributed by atoms with E-state index in [2.05, 4.69) is 26.2 Å². The first-order valence-electron chi connectivity index (χ1n) is 5.48. The summed E-state index contributed by atoms with van der Waals surface area (Å²) in [6, 6.07) is 1.95. The molecule has 16 heavy (non-hydrogen) atoms. The molecule has 1 aliphatic rings. The predicted octanol–water partition coefficient (Wildman–Crippen LogP) is 1.81. The Labute approximate surface area is 103 Å². The summed E-state index contributed by atoms with van der Waals surface area (Å²) in [6.45, 7) is 0. The zero-order valence-electron chi connectivity index (χ0n) is 8.87. The minimum Gasteiger partial charge on any atom is -0.393 e. The second kappa shape index (κ2) is 5.01. The van der Waals surface area contributed by atoms with E-state index in [0.717, 1.165) is 30.2 Å². The van der Waals surface area contributed by atoms with Crippen molar-refractivity contribution in [2.75, 3.05) is 0 Å². The summed E-state index contributed by atoms with van der Waals surface area (Å²) in [6.07, 6.45) is 4.81. The third-order valence-electron chi connectivity index (χ3n) is 2.92. The second-order valence-corrected chi connectivity index (χ2v) is 5.13. The molecule has 1 heterocycles. The minimum atomic E-state index is -0.187. The van der Waals surface area contributed by atoms with Gasteiger partial charge in [0.15, 0.2) is 0 Å². The van der Waals surface area contributed by atoms with Crippen molar-refractivity contribution in [1.29, 1.82) is 0 Å². The van der Waals surface area contributed by atoms with Crippen LogP contribution in [0.3, 0.4) is 0 Å². The molecule has 0 aromatic carbocycles. The van der Waals surface area contributed by atoms with E-state index >= 15 is 0 Å². The molecule has 0 aliphatic heterocycles. The van der Waals surface area contributed by atoms with Gasteiger partial charge < -0.3 is 15.4 Å². The monoisotopic (exact) mass is 286 g/mol. The third-order valence-corrected chi connectivity index (χ3v) is 3.38. The quantitative estimate of drug-likeness (QED) is 0.776. The number of H-pyrrole nitrogens is 1. The van der Waals surface area contributed by atoms with Crippen LogP contribution in [0.4, 0.5) is 0 Å². The van der Waals surface area contributed by atoms with Gasteiger partial charge in [0.25, 0.3) is 5.91 Å². The molecule has 3 N–H and O–H groups in total. The maximum Gasteiger partial charge on any atom is 0.267 e. The zero-order chi connectivity index (χ0) is 11.5. The molecule has 1 amide bonds. The molecule has 88 valence electrons. The average molecular weight is 287 g/mol. The molecule has 0 bridgehead atoms. The number of amides is 1. The van der Waals surface area contributed by atoms with Gasteiger partial charge in [-0.25, -0.2) is 0 Å². The Morgan fingerprint density at radius 1 is 1.44 bits per heavy atom. The molecule has 2 rings (SSSR count). The van der Waals surface area contributed by atoms with E-state index in [0.29, 0.717) is 5.69 Å². The van der Waals surface area contributed by atoms with Crippen LogP contribution in [-0.2, 0) is 0 Å². The van der Waals surface area contributed by atoms with Crippen molar-refractivity contribution in [3.05, 3.63) is 22.4 Å². The third kappa shape index (κ3) is 2.86. The zero-order valence-corrected chi connectivity index (χ0v) is 10.5. The van der Waals surface area contributed by atoms with E-state index in [9.17, 15) is 9.90 Å². The second-order valence-electron chi connectivity index (χ2n) is 4.21. The van der Waals surface area contributed by atoms with Gasteiger partial charge in [-0.15, -0.1) is 0 Å². The van der Waals surface area contributed by atoms with E-state index in [-0.39, 0.29) is 18.1 Å². The first-order chi connectivity index (χ1) is 7.65. The Morgan fingerprint density at radius 2 is 2.12 bits per heavy atom. The number of hydrogen-bond donors (Lipinski definition) is 3. The van der Waals surface area contributed by atoms with E-state index in [1.807, 2.05) is 0 Å². The lowest BCUT2D eigenvalue weighted by molar-refractivity contribution is 0.0864. The summed E-state index contributed by atoms with van der Waals surface area (Å²) < 4.78 is 0.872. The van der Waals surface area contributed by atoms with Gasteiger partial charge in [0, 0.05) is 16.7 Å². The fourth-order valence-electron chi connectivity index (χ4n) is 1.98. The number of carbonyl (C=O) groups is 1. The lowest BCUT2D eigenvalue weighted by Crippen LogP contribution is -2.38. The van der Waals surface area contributed by atoms with Gasteiger partial charge in [0.1, 0.15) is 5.69 Å². The van der Waals surface area contributed by atoms with Crippen LogP contribution in [0.5, 0.6) is 0 Å². The van der Waals surface area contributed by atoms with Crippen LogP contribution in [0.1, 0.15) is 36.2 Å². The fraction of sp³-hybridized carbons (Fsp3) is 0.545. The topological polar surface area (TPSA) is 65.1 Å². The molecule has 1 saturated carbocycles. The largest absolute Gasteiger partial charge is 0.393 e. The van der Waals surface area contributed by atoms with Gasteiger partial charge in [-0.2, -0.15) is 0 Å². The minimum absolute atomic E-state index is 0.0768. The van der Waals surface area contributed by atoms with Gasteiger partial charge in [0.2, 0.25) is 0 Å². The highest BCUT2D eigenvalue weighted by molar-refractivity contribution is 9.10. The van der Waals surface area contributed by atoms with Crippen molar-refractivity contribution >= 4 is 21.8 Å². The van der Waals surface area contributed by atoms with Crippen LogP contribution < -0.4 is 5.32 Å². The number of nitrogens with one attached hydrogen (secondary N) is 2. The summed E-state index contributed by atoms with van der Waals surface area (Å²) in [5, 5.41) is 12.3. The number of carbonyl (C=O) groups excluding carboxylic acids is 1. The lowest BCUT2D eigenvalue weighted by Gasteiger charge is -2.25. The van der Waals surface area contributed by atoms with Crippen molar-refractivity contribution in [3.63, 3.8) is 0 Å². The Balaban J connectivity index is 1.88. The Hall–Kier alpha value is -0.810. The van der Waals surface area contributed by atoms with Crippen molar-refractivity contribution in [1.82, 2.24) is 10.3 Å². The normalized spacial score (nSPS) is 25.4. The van der Waals surface area contributed by atoms with E-state index < -0.39 is 0 Å². The van der Waals surface area contributed by atoms with E-state index in [1.54, 1.807) is 12.3 Å². The van der Waals surface area contributed by atoms with Crippen molar-refractivity contribution in [2.24, 2.45) is 0 Å². The number of aliphatic hydroxyl groups is 1. The summed E-state index contributed by atoms with van der Waals surface area (Å²) in [5.74, 6) is -0.0768. The van der Waals surface area contributed by atoms with Gasteiger partial charge in [0.05, 0.1) is 6.10 Å². The predicted molar refractivity (Wildman–Crippen MR) is 64.2 cm³/mol. The van der Waals surface area contributed by atoms with Crippen molar-refractivity contribution in [3.8, 4) is 0 Å². The molecule has 1 aliphatic carbocycles. The van der Waals surface area contributed by atoms with Crippen molar-refractivity contribution < 1.29 is 9.90 Å². The standard InChI is InChI=1S/C11H15BrN2O2/c12-7-5-10(13-6-7)11(16)14-8-1-3-9(15)4-2-8/h5-6,8-9,13,15H,1-4H2,(H,14,16). The highest BCUT2D eigenvalue weighted by Gasteiger charge is 2.21. The Kier molecular flexibility index (Phi) is 3.66. The number of halogens is 1. The molecule has 0 radical (unpaired) electrons. The molecular weight excluding hydrogens is 272 g/mol. The molecular formula is C11H15BrN2O2. The molecule has 0 saturated heterocycles. The maximum absolute atomic E-state index is 11.8. The first-order valence-corrected chi connectivity index (χ1v) is 6.27. The smallest absolute Gasteiger partial charge is 0.267 e. The van der Waals surface area contributed by atoms with Crippen LogP contribution >= 0.6 is 15.9 Å². The summed E-state index contributed by atoms with van der Waals surface area (Å²) >= 11 is 3.29. The first kappa shape index (κ1) is 11.7. The fourth-order valence-corrected chi connectivity index (χ4v) is 2.33. The number of rotatable bonds is 2. The van der Waals surface area contributed by atoms with Crippen LogP contribution in [0.2, 0.25) is 0 Å². The highest BCUT2D eigenvalue weighted by atomic mass is 79.9. The number of hydrogen-bond acceptors (Lipinski definition) is 2. The van der Waals surface area contributed by atoms with Gasteiger partial charge in [-0.1, -0.05) is 0 Å². The van der Waals surface area contributed by atoms with E-state index in [1.165, 1.54) is 0 Å². The van der Waals surface area contributed by atoms with Gasteiger partial charge in [-0.3, -0.25) is 4.79 Å². The number of aliphatic hydroxyl groups excluding tert-OH is 1. The maximum atomic E-state index is 11.8. The van der Waals surface area contributed by atoms with Gasteiger partial charge in [-0.05, 0) is 47.7 Å². The molecule has 0 unspecified atom stereocenters. The summed E-state index contributed by atoms with van der Waals surface area (Å²) in [7, 11) is 0. The number of aromatic amines is 1. The molecule has 5 heteroatoms. The molecule has 0 spiro atoms. The summed E-state index contributed by atoms with van der Waals surface area (Å²) in [5.41, 5.74) is 0.568. The molecule has 4 nitrogen and oxygen atoms in total. The lowest BCUT2D eigenvalue weighted by atomic mass is 9.93. The van der Waals surface area contributed by atoms with Crippen LogP contribution in [0, 0.1) is 0 Å². The average Bonchev–Trinajstić information content (AvgIpc) is 2.68. The van der Waals surface area contributed by atoms with Gasteiger partial charge >= 0.3 is 0 Å².